The summed E-state index contributed by atoms with van der Waals surface area (Å²) in [5.74, 6) is 1.42. The highest BCUT2D eigenvalue weighted by Gasteiger charge is 2.13. The summed E-state index contributed by atoms with van der Waals surface area (Å²) >= 11 is 0. The molecule has 23 heavy (non-hydrogen) atoms. The smallest absolute Gasteiger partial charge is 0.191 e. The standard InChI is InChI=1S/C17H38N4O.HI/c1-8-21(15(5)6)13-12-20-17(18-7)19-11-10-16(14(3)4)22-9-2;/h14-16H,8-13H2,1-7H3,(H2,18,19,20);1H. The molecule has 2 N–H and O–H groups in total. The summed E-state index contributed by atoms with van der Waals surface area (Å²) < 4.78 is 5.77. The molecule has 0 fully saturated rings. The minimum absolute atomic E-state index is 0. The molecule has 0 bridgehead atoms. The first-order valence-electron chi connectivity index (χ1n) is 8.76. The summed E-state index contributed by atoms with van der Waals surface area (Å²) in [6, 6.07) is 0.583. The molecule has 0 aliphatic carbocycles. The van der Waals surface area contributed by atoms with Crippen LogP contribution >= 0.6 is 24.0 Å². The van der Waals surface area contributed by atoms with Crippen LogP contribution in [0.1, 0.15) is 48.0 Å². The second-order valence-corrected chi connectivity index (χ2v) is 6.17. The molecule has 6 heteroatoms. The molecule has 0 rings (SSSR count). The molecule has 0 spiro atoms. The van der Waals surface area contributed by atoms with Gasteiger partial charge in [-0.3, -0.25) is 9.89 Å². The maximum atomic E-state index is 5.77. The number of halogens is 1. The van der Waals surface area contributed by atoms with Crippen molar-refractivity contribution in [2.24, 2.45) is 10.9 Å². The predicted octanol–water partition coefficient (Wildman–Crippen LogP) is 2.95. The first-order valence-corrected chi connectivity index (χ1v) is 8.76. The van der Waals surface area contributed by atoms with Gasteiger partial charge in [-0.15, -0.1) is 24.0 Å². The zero-order valence-electron chi connectivity index (χ0n) is 16.2. The zero-order chi connectivity index (χ0) is 17.0. The van der Waals surface area contributed by atoms with E-state index in [1.165, 1.54) is 0 Å². The number of ether oxygens (including phenoxy) is 1. The van der Waals surface area contributed by atoms with E-state index >= 15 is 0 Å². The molecular weight excluding hydrogens is 403 g/mol. The van der Waals surface area contributed by atoms with Gasteiger partial charge in [0.15, 0.2) is 5.96 Å². The number of hydrogen-bond acceptors (Lipinski definition) is 3. The number of aliphatic imine (C=N–C) groups is 1. The summed E-state index contributed by atoms with van der Waals surface area (Å²) in [5, 5.41) is 6.75. The lowest BCUT2D eigenvalue weighted by Gasteiger charge is -2.25. The van der Waals surface area contributed by atoms with E-state index in [9.17, 15) is 0 Å². The van der Waals surface area contributed by atoms with Gasteiger partial charge in [0.2, 0.25) is 0 Å². The number of rotatable bonds is 11. The van der Waals surface area contributed by atoms with E-state index in [1.54, 1.807) is 0 Å². The fraction of sp³-hybridized carbons (Fsp3) is 0.941. The van der Waals surface area contributed by atoms with Crippen LogP contribution in [-0.2, 0) is 4.74 Å². The van der Waals surface area contributed by atoms with Crippen molar-refractivity contribution in [2.45, 2.75) is 60.1 Å². The van der Waals surface area contributed by atoms with Gasteiger partial charge >= 0.3 is 0 Å². The van der Waals surface area contributed by atoms with Crippen LogP contribution in [0.5, 0.6) is 0 Å². The van der Waals surface area contributed by atoms with Gasteiger partial charge in [-0.1, -0.05) is 20.8 Å². The number of nitrogens with one attached hydrogen (secondary N) is 2. The molecule has 1 atom stereocenters. The molecular formula is C17H39IN4O. The summed E-state index contributed by atoms with van der Waals surface area (Å²) in [4.78, 5) is 6.71. The van der Waals surface area contributed by atoms with Crippen LogP contribution in [0.4, 0.5) is 0 Å². The molecule has 0 aromatic rings. The minimum Gasteiger partial charge on any atom is -0.378 e. The van der Waals surface area contributed by atoms with E-state index in [2.05, 4.69) is 62.1 Å². The number of likely N-dealkylation sites (N-methyl/N-ethyl adjacent to an activating group) is 1. The van der Waals surface area contributed by atoms with E-state index < -0.39 is 0 Å². The average molecular weight is 442 g/mol. The summed E-state index contributed by atoms with van der Waals surface area (Å²) in [5.41, 5.74) is 0. The van der Waals surface area contributed by atoms with Crippen LogP contribution in [0.25, 0.3) is 0 Å². The Morgan fingerprint density at radius 1 is 1.09 bits per heavy atom. The van der Waals surface area contributed by atoms with Gasteiger partial charge in [0.05, 0.1) is 6.10 Å². The molecule has 0 aromatic carbocycles. The number of hydrogen-bond donors (Lipinski definition) is 2. The maximum absolute atomic E-state index is 5.77. The third-order valence-corrected chi connectivity index (χ3v) is 3.90. The van der Waals surface area contributed by atoms with E-state index in [0.717, 1.165) is 45.2 Å². The van der Waals surface area contributed by atoms with E-state index in [0.29, 0.717) is 18.1 Å². The van der Waals surface area contributed by atoms with Crippen LogP contribution in [0, 0.1) is 5.92 Å². The first kappa shape index (κ1) is 25.2. The van der Waals surface area contributed by atoms with Crippen molar-refractivity contribution >= 4 is 29.9 Å². The van der Waals surface area contributed by atoms with E-state index in [1.807, 2.05) is 7.05 Å². The lowest BCUT2D eigenvalue weighted by atomic mass is 10.0. The molecule has 0 saturated carbocycles. The molecule has 5 nitrogen and oxygen atoms in total. The monoisotopic (exact) mass is 442 g/mol. The Morgan fingerprint density at radius 3 is 2.13 bits per heavy atom. The van der Waals surface area contributed by atoms with E-state index in [4.69, 9.17) is 4.74 Å². The van der Waals surface area contributed by atoms with Crippen molar-refractivity contribution in [2.75, 3.05) is 39.8 Å². The van der Waals surface area contributed by atoms with Gasteiger partial charge in [0.1, 0.15) is 0 Å². The van der Waals surface area contributed by atoms with Crippen molar-refractivity contribution in [1.29, 1.82) is 0 Å². The van der Waals surface area contributed by atoms with Crippen LogP contribution in [0.2, 0.25) is 0 Å². The first-order chi connectivity index (χ1) is 10.5. The lowest BCUT2D eigenvalue weighted by molar-refractivity contribution is 0.0258. The van der Waals surface area contributed by atoms with Crippen molar-refractivity contribution in [3.8, 4) is 0 Å². The quantitative estimate of drug-likeness (QED) is 0.294. The molecule has 0 aromatic heterocycles. The predicted molar refractivity (Wildman–Crippen MR) is 112 cm³/mol. The highest BCUT2D eigenvalue weighted by molar-refractivity contribution is 14.0. The molecule has 0 heterocycles. The molecule has 0 aliphatic heterocycles. The van der Waals surface area contributed by atoms with Crippen molar-refractivity contribution < 1.29 is 4.74 Å². The molecule has 140 valence electrons. The van der Waals surface area contributed by atoms with Gasteiger partial charge in [0.25, 0.3) is 0 Å². The normalized spacial score (nSPS) is 13.4. The molecule has 0 saturated heterocycles. The van der Waals surface area contributed by atoms with E-state index in [-0.39, 0.29) is 24.0 Å². The Kier molecular flexibility index (Phi) is 16.9. The molecule has 0 radical (unpaired) electrons. The summed E-state index contributed by atoms with van der Waals surface area (Å²) in [6.45, 7) is 17.8. The number of guanidine groups is 1. The van der Waals surface area contributed by atoms with Gasteiger partial charge in [0, 0.05) is 39.3 Å². The third kappa shape index (κ3) is 12.0. The third-order valence-electron chi connectivity index (χ3n) is 3.90. The Balaban J connectivity index is 0. The minimum atomic E-state index is 0. The molecule has 1 unspecified atom stereocenters. The Hall–Kier alpha value is -0.0800. The topological polar surface area (TPSA) is 48.9 Å². The van der Waals surface area contributed by atoms with Crippen LogP contribution in [0.15, 0.2) is 4.99 Å². The van der Waals surface area contributed by atoms with Crippen molar-refractivity contribution in [1.82, 2.24) is 15.5 Å². The van der Waals surface area contributed by atoms with Crippen molar-refractivity contribution in [3.63, 3.8) is 0 Å². The van der Waals surface area contributed by atoms with Crippen molar-refractivity contribution in [3.05, 3.63) is 0 Å². The summed E-state index contributed by atoms with van der Waals surface area (Å²) in [6.07, 6.45) is 1.31. The van der Waals surface area contributed by atoms with Crippen LogP contribution in [0.3, 0.4) is 0 Å². The van der Waals surface area contributed by atoms with Gasteiger partial charge < -0.3 is 15.4 Å². The molecule has 0 aliphatic rings. The summed E-state index contributed by atoms with van der Waals surface area (Å²) in [7, 11) is 1.82. The number of nitrogens with zero attached hydrogens (tertiary/aromatic N) is 2. The SMILES string of the molecule is CCOC(CCNC(=NC)NCCN(CC)C(C)C)C(C)C.I. The highest BCUT2D eigenvalue weighted by atomic mass is 127. The van der Waals surface area contributed by atoms with Crippen LogP contribution in [-0.4, -0.2) is 62.8 Å². The Labute approximate surface area is 161 Å². The Morgan fingerprint density at radius 2 is 1.70 bits per heavy atom. The largest absolute Gasteiger partial charge is 0.378 e. The van der Waals surface area contributed by atoms with Gasteiger partial charge in [-0.25, -0.2) is 0 Å². The van der Waals surface area contributed by atoms with Gasteiger partial charge in [-0.2, -0.15) is 0 Å². The fourth-order valence-electron chi connectivity index (χ4n) is 2.48. The second-order valence-electron chi connectivity index (χ2n) is 6.17. The lowest BCUT2D eigenvalue weighted by Crippen LogP contribution is -2.43. The highest BCUT2D eigenvalue weighted by Crippen LogP contribution is 2.09. The Bertz CT molecular complexity index is 298. The second kappa shape index (κ2) is 15.4. The zero-order valence-corrected chi connectivity index (χ0v) is 18.5. The van der Waals surface area contributed by atoms with Crippen LogP contribution < -0.4 is 10.6 Å². The molecule has 0 amide bonds. The average Bonchev–Trinajstić information content (AvgIpc) is 2.48. The fourth-order valence-corrected chi connectivity index (χ4v) is 2.48. The van der Waals surface area contributed by atoms with Gasteiger partial charge in [-0.05, 0) is 39.7 Å². The maximum Gasteiger partial charge on any atom is 0.191 e.